The highest BCUT2D eigenvalue weighted by Gasteiger charge is 2.18. The number of aromatic nitrogens is 2. The van der Waals surface area contributed by atoms with Crippen LogP contribution in [0.4, 0.5) is 5.13 Å². The molecule has 0 unspecified atom stereocenters. The minimum Gasteiger partial charge on any atom is -0.497 e. The van der Waals surface area contributed by atoms with Crippen LogP contribution < -0.4 is 10.1 Å². The molecule has 1 amide bonds. The molecule has 0 saturated heterocycles. The number of methoxy groups -OCH3 is 1. The number of hydrogen-bond acceptors (Lipinski definition) is 7. The summed E-state index contributed by atoms with van der Waals surface area (Å²) in [6, 6.07) is 7.09. The molecule has 0 aliphatic heterocycles. The monoisotopic (exact) mass is 341 g/mol. The Morgan fingerprint density at radius 1 is 1.27 bits per heavy atom. The van der Waals surface area contributed by atoms with Crippen molar-refractivity contribution in [3.8, 4) is 5.75 Å². The molecular formula is C13H15N3O4S2. The molecular weight excluding hydrogens is 326 g/mol. The van der Waals surface area contributed by atoms with Gasteiger partial charge in [-0.05, 0) is 17.7 Å². The summed E-state index contributed by atoms with van der Waals surface area (Å²) in [6.07, 6.45) is 0.152. The minimum atomic E-state index is -3.40. The molecule has 1 aromatic carbocycles. The molecule has 0 saturated carbocycles. The molecule has 0 radical (unpaired) electrons. The number of carbonyl (C=O) groups is 1. The van der Waals surface area contributed by atoms with Crippen molar-refractivity contribution in [2.45, 2.75) is 17.7 Å². The molecule has 7 nitrogen and oxygen atoms in total. The lowest BCUT2D eigenvalue weighted by molar-refractivity contribution is -0.115. The Bertz CT molecular complexity index is 754. The lowest BCUT2D eigenvalue weighted by Gasteiger charge is -2.03. The smallest absolute Gasteiger partial charge is 0.234 e. The highest BCUT2D eigenvalue weighted by molar-refractivity contribution is 7.93. The summed E-state index contributed by atoms with van der Waals surface area (Å²) in [4.78, 5) is 11.9. The third kappa shape index (κ3) is 4.01. The summed E-state index contributed by atoms with van der Waals surface area (Å²) < 4.78 is 28.2. The molecule has 0 aliphatic rings. The van der Waals surface area contributed by atoms with Gasteiger partial charge in [-0.3, -0.25) is 4.79 Å². The fourth-order valence-electron chi connectivity index (χ4n) is 1.60. The van der Waals surface area contributed by atoms with E-state index in [1.807, 2.05) is 0 Å². The van der Waals surface area contributed by atoms with Crippen LogP contribution in [0.2, 0.25) is 0 Å². The van der Waals surface area contributed by atoms with Gasteiger partial charge < -0.3 is 10.1 Å². The zero-order valence-corrected chi connectivity index (χ0v) is 13.7. The Balaban J connectivity index is 2.00. The van der Waals surface area contributed by atoms with Gasteiger partial charge in [0.1, 0.15) is 5.75 Å². The quantitative estimate of drug-likeness (QED) is 0.800. The first-order valence-electron chi connectivity index (χ1n) is 6.43. The number of hydrogen-bond donors (Lipinski definition) is 1. The van der Waals surface area contributed by atoms with Gasteiger partial charge in [-0.25, -0.2) is 8.42 Å². The summed E-state index contributed by atoms with van der Waals surface area (Å²) in [7, 11) is -1.83. The average Bonchev–Trinajstić information content (AvgIpc) is 2.97. The van der Waals surface area contributed by atoms with Crippen molar-refractivity contribution in [2.75, 3.05) is 18.2 Å². The van der Waals surface area contributed by atoms with Crippen LogP contribution >= 0.6 is 11.3 Å². The van der Waals surface area contributed by atoms with Crippen molar-refractivity contribution >= 4 is 32.2 Å². The van der Waals surface area contributed by atoms with Gasteiger partial charge in [0.05, 0.1) is 19.3 Å². The normalized spacial score (nSPS) is 11.2. The van der Waals surface area contributed by atoms with Gasteiger partial charge in [-0.15, -0.1) is 10.2 Å². The number of nitrogens with one attached hydrogen (secondary N) is 1. The average molecular weight is 341 g/mol. The summed E-state index contributed by atoms with van der Waals surface area (Å²) in [6.45, 7) is 1.53. The predicted octanol–water partition coefficient (Wildman–Crippen LogP) is 1.52. The maximum atomic E-state index is 11.9. The van der Waals surface area contributed by atoms with Crippen molar-refractivity contribution in [2.24, 2.45) is 0 Å². The number of benzene rings is 1. The van der Waals surface area contributed by atoms with Gasteiger partial charge in [0, 0.05) is 0 Å². The molecule has 1 heterocycles. The van der Waals surface area contributed by atoms with Gasteiger partial charge in [-0.1, -0.05) is 30.4 Å². The Kier molecular flexibility index (Phi) is 5.09. The van der Waals surface area contributed by atoms with Gasteiger partial charge in [0.25, 0.3) is 0 Å². The van der Waals surface area contributed by atoms with Crippen molar-refractivity contribution in [3.05, 3.63) is 29.8 Å². The molecule has 0 spiro atoms. The van der Waals surface area contributed by atoms with Gasteiger partial charge in [0.15, 0.2) is 0 Å². The summed E-state index contributed by atoms with van der Waals surface area (Å²) in [5, 5.41) is 9.99. The fourth-order valence-corrected chi connectivity index (χ4v) is 3.61. The number of anilines is 1. The summed E-state index contributed by atoms with van der Waals surface area (Å²) in [5.74, 6) is 0.367. The molecule has 22 heavy (non-hydrogen) atoms. The van der Waals surface area contributed by atoms with E-state index in [1.165, 1.54) is 6.92 Å². The molecule has 0 fully saturated rings. The molecule has 9 heteroatoms. The van der Waals surface area contributed by atoms with E-state index >= 15 is 0 Å². The number of ether oxygens (including phenoxy) is 1. The van der Waals surface area contributed by atoms with Crippen LogP contribution in [0.15, 0.2) is 28.6 Å². The van der Waals surface area contributed by atoms with E-state index in [4.69, 9.17) is 4.74 Å². The van der Waals surface area contributed by atoms with Gasteiger partial charge >= 0.3 is 0 Å². The minimum absolute atomic E-state index is 0.0541. The van der Waals surface area contributed by atoms with Crippen LogP contribution in [0.5, 0.6) is 5.75 Å². The van der Waals surface area contributed by atoms with Crippen LogP contribution in [-0.4, -0.2) is 37.4 Å². The summed E-state index contributed by atoms with van der Waals surface area (Å²) in [5.41, 5.74) is 0.809. The predicted molar refractivity (Wildman–Crippen MR) is 83.0 cm³/mol. The first kappa shape index (κ1) is 16.4. The van der Waals surface area contributed by atoms with E-state index in [0.29, 0.717) is 5.75 Å². The first-order chi connectivity index (χ1) is 10.4. The van der Waals surface area contributed by atoms with E-state index in [1.54, 1.807) is 31.4 Å². The van der Waals surface area contributed by atoms with Crippen LogP contribution in [0.3, 0.4) is 0 Å². The first-order valence-corrected chi connectivity index (χ1v) is 8.90. The molecule has 118 valence electrons. The van der Waals surface area contributed by atoms with E-state index in [9.17, 15) is 13.2 Å². The number of amides is 1. The Morgan fingerprint density at radius 2 is 1.95 bits per heavy atom. The maximum absolute atomic E-state index is 11.9. The molecule has 1 aromatic heterocycles. The Labute approximate surface area is 132 Å². The molecule has 1 N–H and O–H groups in total. The third-order valence-corrected chi connectivity index (χ3v) is 5.84. The molecule has 0 atom stereocenters. The number of rotatable bonds is 6. The topological polar surface area (TPSA) is 98.3 Å². The molecule has 0 aliphatic carbocycles. The second kappa shape index (κ2) is 6.84. The van der Waals surface area contributed by atoms with Crippen LogP contribution in [0, 0.1) is 0 Å². The number of sulfone groups is 1. The second-order valence-electron chi connectivity index (χ2n) is 4.35. The highest BCUT2D eigenvalue weighted by Crippen LogP contribution is 2.21. The van der Waals surface area contributed by atoms with E-state index in [0.717, 1.165) is 16.9 Å². The molecule has 0 bridgehead atoms. The maximum Gasteiger partial charge on any atom is 0.234 e. The summed E-state index contributed by atoms with van der Waals surface area (Å²) >= 11 is 0.847. The van der Waals surface area contributed by atoms with E-state index < -0.39 is 9.84 Å². The van der Waals surface area contributed by atoms with Crippen LogP contribution in [-0.2, 0) is 21.1 Å². The van der Waals surface area contributed by atoms with Crippen LogP contribution in [0.1, 0.15) is 12.5 Å². The SMILES string of the molecule is CCS(=O)(=O)c1nnc(NC(=O)Cc2ccc(OC)cc2)s1. The van der Waals surface area contributed by atoms with Crippen molar-refractivity contribution in [1.29, 1.82) is 0 Å². The largest absolute Gasteiger partial charge is 0.497 e. The van der Waals surface area contributed by atoms with Crippen LogP contribution in [0.25, 0.3) is 0 Å². The van der Waals surface area contributed by atoms with E-state index in [-0.39, 0.29) is 27.6 Å². The molecule has 2 rings (SSSR count). The van der Waals surface area contributed by atoms with Gasteiger partial charge in [0.2, 0.25) is 25.2 Å². The van der Waals surface area contributed by atoms with E-state index in [2.05, 4.69) is 15.5 Å². The van der Waals surface area contributed by atoms with Crippen molar-refractivity contribution in [3.63, 3.8) is 0 Å². The fraction of sp³-hybridized carbons (Fsp3) is 0.308. The van der Waals surface area contributed by atoms with Crippen molar-refractivity contribution in [1.82, 2.24) is 10.2 Å². The second-order valence-corrected chi connectivity index (χ2v) is 7.78. The lowest BCUT2D eigenvalue weighted by Crippen LogP contribution is -2.14. The Morgan fingerprint density at radius 3 is 2.55 bits per heavy atom. The number of carbonyl (C=O) groups excluding carboxylic acids is 1. The standard InChI is InChI=1S/C13H15N3O4S2/c1-3-22(18,19)13-16-15-12(21-13)14-11(17)8-9-4-6-10(20-2)7-5-9/h4-7H,3,8H2,1-2H3,(H,14,15,17). The lowest BCUT2D eigenvalue weighted by atomic mass is 10.1. The van der Waals surface area contributed by atoms with Gasteiger partial charge in [-0.2, -0.15) is 0 Å². The third-order valence-electron chi connectivity index (χ3n) is 2.82. The Hall–Kier alpha value is -2.00. The number of nitrogens with zero attached hydrogens (tertiary/aromatic N) is 2. The zero-order valence-electron chi connectivity index (χ0n) is 12.1. The highest BCUT2D eigenvalue weighted by atomic mass is 32.2. The zero-order chi connectivity index (χ0) is 16.2. The van der Waals surface area contributed by atoms with Crippen molar-refractivity contribution < 1.29 is 17.9 Å². The molecule has 2 aromatic rings.